The predicted octanol–water partition coefficient (Wildman–Crippen LogP) is 2.41. The van der Waals surface area contributed by atoms with Crippen molar-refractivity contribution in [2.24, 2.45) is 0 Å². The highest BCUT2D eigenvalue weighted by Gasteiger charge is 2.28. The van der Waals surface area contributed by atoms with Crippen molar-refractivity contribution in [3.8, 4) is 5.75 Å². The molecule has 7 heteroatoms. The summed E-state index contributed by atoms with van der Waals surface area (Å²) in [6.45, 7) is 5.71. The molecule has 0 aromatic heterocycles. The minimum Gasteiger partial charge on any atom is -0.481 e. The first-order valence-corrected chi connectivity index (χ1v) is 8.01. The molecule has 1 atom stereocenters. The van der Waals surface area contributed by atoms with E-state index in [4.69, 9.17) is 21.1 Å². The molecule has 0 radical (unpaired) electrons. The lowest BCUT2D eigenvalue weighted by molar-refractivity contribution is -0.139. The number of benzene rings is 1. The van der Waals surface area contributed by atoms with Crippen LogP contribution >= 0.6 is 11.6 Å². The summed E-state index contributed by atoms with van der Waals surface area (Å²) in [6, 6.07) is 6.95. The normalized spacial score (nSPS) is 16.0. The first-order valence-electron chi connectivity index (χ1n) is 7.64. The number of nitrogens with zero attached hydrogens (tertiary/aromatic N) is 2. The molecule has 0 aliphatic carbocycles. The molecule has 6 nitrogen and oxygen atoms in total. The molecule has 1 aromatic rings. The number of carbonyl (C=O) groups excluding carboxylic acids is 2. The average Bonchev–Trinajstić information content (AvgIpc) is 2.54. The third-order valence-corrected chi connectivity index (χ3v) is 3.81. The molecule has 0 saturated carbocycles. The van der Waals surface area contributed by atoms with Crippen molar-refractivity contribution >= 4 is 23.6 Å². The maximum Gasteiger partial charge on any atom is 0.409 e. The molecule has 1 aliphatic heterocycles. The van der Waals surface area contributed by atoms with E-state index in [1.165, 1.54) is 0 Å². The van der Waals surface area contributed by atoms with Crippen molar-refractivity contribution in [3.63, 3.8) is 0 Å². The Morgan fingerprint density at radius 1 is 1.22 bits per heavy atom. The van der Waals surface area contributed by atoms with Crippen molar-refractivity contribution in [2.75, 3.05) is 32.8 Å². The number of hydrogen-bond acceptors (Lipinski definition) is 4. The van der Waals surface area contributed by atoms with Gasteiger partial charge in [-0.25, -0.2) is 4.79 Å². The van der Waals surface area contributed by atoms with Gasteiger partial charge in [0.05, 0.1) is 6.61 Å². The lowest BCUT2D eigenvalue weighted by Gasteiger charge is -2.35. The predicted molar refractivity (Wildman–Crippen MR) is 86.7 cm³/mol. The van der Waals surface area contributed by atoms with Gasteiger partial charge in [-0.15, -0.1) is 0 Å². The molecule has 2 rings (SSSR count). The average molecular weight is 341 g/mol. The second-order valence-corrected chi connectivity index (χ2v) is 5.67. The lowest BCUT2D eigenvalue weighted by atomic mass is 10.2. The van der Waals surface area contributed by atoms with E-state index >= 15 is 0 Å². The van der Waals surface area contributed by atoms with Gasteiger partial charge < -0.3 is 19.3 Å². The molecule has 0 N–H and O–H groups in total. The highest BCUT2D eigenvalue weighted by Crippen LogP contribution is 2.19. The summed E-state index contributed by atoms with van der Waals surface area (Å²) < 4.78 is 10.6. The Balaban J connectivity index is 1.85. The SMILES string of the molecule is CCOC(=O)N1CCN(C(=O)[C@@H](C)Oc2cccc(Cl)c2)CC1. The van der Waals surface area contributed by atoms with E-state index < -0.39 is 6.10 Å². The van der Waals surface area contributed by atoms with E-state index in [1.807, 2.05) is 0 Å². The minimum absolute atomic E-state index is 0.103. The van der Waals surface area contributed by atoms with Crippen LogP contribution in [0.25, 0.3) is 0 Å². The molecule has 0 bridgehead atoms. The maximum absolute atomic E-state index is 12.4. The van der Waals surface area contributed by atoms with Gasteiger partial charge in [-0.2, -0.15) is 0 Å². The number of amides is 2. The van der Waals surface area contributed by atoms with Crippen LogP contribution < -0.4 is 4.74 Å². The van der Waals surface area contributed by atoms with Crippen LogP contribution in [0.1, 0.15) is 13.8 Å². The molecule has 1 heterocycles. The van der Waals surface area contributed by atoms with Crippen LogP contribution in [0.5, 0.6) is 5.75 Å². The molecule has 1 saturated heterocycles. The summed E-state index contributed by atoms with van der Waals surface area (Å²) in [5.41, 5.74) is 0. The zero-order valence-electron chi connectivity index (χ0n) is 13.3. The topological polar surface area (TPSA) is 59.1 Å². The second-order valence-electron chi connectivity index (χ2n) is 5.23. The van der Waals surface area contributed by atoms with Crippen LogP contribution in [0.15, 0.2) is 24.3 Å². The first-order chi connectivity index (χ1) is 11.0. The van der Waals surface area contributed by atoms with E-state index in [0.717, 1.165) is 0 Å². The van der Waals surface area contributed by atoms with Crippen molar-refractivity contribution in [2.45, 2.75) is 20.0 Å². The third-order valence-electron chi connectivity index (χ3n) is 3.57. The van der Waals surface area contributed by atoms with E-state index in [9.17, 15) is 9.59 Å². The molecular weight excluding hydrogens is 320 g/mol. The van der Waals surface area contributed by atoms with Gasteiger partial charge in [0.2, 0.25) is 0 Å². The molecule has 1 aliphatic rings. The Morgan fingerprint density at radius 2 is 1.87 bits per heavy atom. The summed E-state index contributed by atoms with van der Waals surface area (Å²) in [5, 5.41) is 0.560. The van der Waals surface area contributed by atoms with Crippen LogP contribution in [0, 0.1) is 0 Å². The Kier molecular flexibility index (Phi) is 6.10. The van der Waals surface area contributed by atoms with E-state index in [-0.39, 0.29) is 12.0 Å². The number of rotatable bonds is 4. The van der Waals surface area contributed by atoms with Crippen molar-refractivity contribution in [1.29, 1.82) is 0 Å². The molecule has 126 valence electrons. The van der Waals surface area contributed by atoms with Gasteiger partial charge in [-0.1, -0.05) is 17.7 Å². The molecular formula is C16H21ClN2O4. The maximum atomic E-state index is 12.4. The number of ether oxygens (including phenoxy) is 2. The van der Waals surface area contributed by atoms with E-state index in [1.54, 1.807) is 47.9 Å². The first kappa shape index (κ1) is 17.4. The van der Waals surface area contributed by atoms with E-state index in [2.05, 4.69) is 0 Å². The Hall–Kier alpha value is -1.95. The Morgan fingerprint density at radius 3 is 2.48 bits per heavy atom. The van der Waals surface area contributed by atoms with Gasteiger partial charge in [0.15, 0.2) is 6.10 Å². The summed E-state index contributed by atoms with van der Waals surface area (Å²) in [6.07, 6.45) is -0.939. The van der Waals surface area contributed by atoms with Crippen LogP contribution in [-0.2, 0) is 9.53 Å². The summed E-state index contributed by atoms with van der Waals surface area (Å²) in [4.78, 5) is 27.4. The highest BCUT2D eigenvalue weighted by atomic mass is 35.5. The fourth-order valence-corrected chi connectivity index (χ4v) is 2.56. The zero-order valence-corrected chi connectivity index (χ0v) is 14.1. The third kappa shape index (κ3) is 4.76. The lowest BCUT2D eigenvalue weighted by Crippen LogP contribution is -2.53. The summed E-state index contributed by atoms with van der Waals surface area (Å²) >= 11 is 5.90. The standard InChI is InChI=1S/C16H21ClN2O4/c1-3-22-16(21)19-9-7-18(8-10-19)15(20)12(2)23-14-6-4-5-13(17)11-14/h4-6,11-12H,3,7-10H2,1-2H3/t12-/m1/s1. The molecule has 0 unspecified atom stereocenters. The second kappa shape index (κ2) is 8.06. The fraction of sp³-hybridized carbons (Fsp3) is 0.500. The Labute approximate surface area is 140 Å². The number of piperazine rings is 1. The van der Waals surface area contributed by atoms with Crippen molar-refractivity contribution in [1.82, 2.24) is 9.80 Å². The Bertz CT molecular complexity index is 559. The van der Waals surface area contributed by atoms with Crippen LogP contribution in [0.4, 0.5) is 4.79 Å². The van der Waals surface area contributed by atoms with Gasteiger partial charge in [0, 0.05) is 31.2 Å². The van der Waals surface area contributed by atoms with Gasteiger partial charge in [0.1, 0.15) is 5.75 Å². The van der Waals surface area contributed by atoms with Crippen LogP contribution in [0.3, 0.4) is 0 Å². The minimum atomic E-state index is -0.609. The summed E-state index contributed by atoms with van der Waals surface area (Å²) in [7, 11) is 0. The zero-order chi connectivity index (χ0) is 16.8. The van der Waals surface area contributed by atoms with Gasteiger partial charge in [-0.05, 0) is 32.0 Å². The van der Waals surface area contributed by atoms with E-state index in [0.29, 0.717) is 43.6 Å². The smallest absolute Gasteiger partial charge is 0.409 e. The quantitative estimate of drug-likeness (QED) is 0.844. The van der Waals surface area contributed by atoms with Crippen molar-refractivity contribution < 1.29 is 19.1 Å². The molecule has 23 heavy (non-hydrogen) atoms. The van der Waals surface area contributed by atoms with Gasteiger partial charge in [-0.3, -0.25) is 4.79 Å². The van der Waals surface area contributed by atoms with Crippen LogP contribution in [0.2, 0.25) is 5.02 Å². The largest absolute Gasteiger partial charge is 0.481 e. The van der Waals surface area contributed by atoms with Crippen molar-refractivity contribution in [3.05, 3.63) is 29.3 Å². The number of carbonyl (C=O) groups is 2. The molecule has 2 amide bonds. The fourth-order valence-electron chi connectivity index (χ4n) is 2.38. The van der Waals surface area contributed by atoms with Gasteiger partial charge >= 0.3 is 6.09 Å². The number of halogens is 1. The van der Waals surface area contributed by atoms with Gasteiger partial charge in [0.25, 0.3) is 5.91 Å². The highest BCUT2D eigenvalue weighted by molar-refractivity contribution is 6.30. The molecule has 0 spiro atoms. The number of hydrogen-bond donors (Lipinski definition) is 0. The molecule has 1 fully saturated rings. The van der Waals surface area contributed by atoms with Crippen LogP contribution in [-0.4, -0.2) is 60.7 Å². The monoisotopic (exact) mass is 340 g/mol. The summed E-state index contributed by atoms with van der Waals surface area (Å²) in [5.74, 6) is 0.456. The molecule has 1 aromatic carbocycles.